The van der Waals surface area contributed by atoms with Crippen molar-refractivity contribution >= 4 is 28.7 Å². The summed E-state index contributed by atoms with van der Waals surface area (Å²) in [7, 11) is 1.59. The zero-order valence-electron chi connectivity index (χ0n) is 11.8. The van der Waals surface area contributed by atoms with Gasteiger partial charge in [-0.2, -0.15) is 0 Å². The molecule has 6 nitrogen and oxygen atoms in total. The number of nitrogens with zero attached hydrogens (tertiary/aromatic N) is 2. The molecule has 0 spiro atoms. The Kier molecular flexibility index (Phi) is 3.51. The van der Waals surface area contributed by atoms with Gasteiger partial charge in [0, 0.05) is 18.6 Å². The molecule has 2 N–H and O–H groups in total. The predicted molar refractivity (Wildman–Crippen MR) is 78.7 cm³/mol. The van der Waals surface area contributed by atoms with Crippen molar-refractivity contribution in [1.82, 2.24) is 14.9 Å². The van der Waals surface area contributed by atoms with Crippen molar-refractivity contribution in [3.63, 3.8) is 0 Å². The lowest BCUT2D eigenvalue weighted by Crippen LogP contribution is -2.30. The molecule has 112 valence electrons. The second-order valence-electron chi connectivity index (χ2n) is 5.23. The highest BCUT2D eigenvalue weighted by Crippen LogP contribution is 2.34. The van der Waals surface area contributed by atoms with Gasteiger partial charge < -0.3 is 14.8 Å². The minimum Gasteiger partial charge on any atom is -0.465 e. The normalized spacial score (nSPS) is 22.1. The Morgan fingerprint density at radius 2 is 2.33 bits per heavy atom. The van der Waals surface area contributed by atoms with Crippen molar-refractivity contribution < 1.29 is 14.6 Å². The molecular formula is C14H16ClN3O3. The zero-order valence-corrected chi connectivity index (χ0v) is 12.5. The van der Waals surface area contributed by atoms with Crippen molar-refractivity contribution in [3.8, 4) is 0 Å². The number of amides is 1. The number of methoxy groups -OCH3 is 1. The van der Waals surface area contributed by atoms with Gasteiger partial charge in [0.25, 0.3) is 0 Å². The number of likely N-dealkylation sites (tertiary alicyclic amines) is 1. The molecule has 2 unspecified atom stereocenters. The lowest BCUT2D eigenvalue weighted by Gasteiger charge is -2.18. The second-order valence-corrected chi connectivity index (χ2v) is 5.64. The van der Waals surface area contributed by atoms with E-state index in [1.807, 2.05) is 19.1 Å². The molecule has 1 aliphatic heterocycles. The molecule has 21 heavy (non-hydrogen) atoms. The monoisotopic (exact) mass is 309 g/mol. The van der Waals surface area contributed by atoms with E-state index in [-0.39, 0.29) is 12.1 Å². The summed E-state index contributed by atoms with van der Waals surface area (Å²) in [5, 5.41) is 9.99. The Balaban J connectivity index is 2.03. The summed E-state index contributed by atoms with van der Waals surface area (Å²) in [5.41, 5.74) is 2.53. The number of benzene rings is 1. The van der Waals surface area contributed by atoms with Gasteiger partial charge >= 0.3 is 6.09 Å². The van der Waals surface area contributed by atoms with E-state index in [4.69, 9.17) is 16.3 Å². The van der Waals surface area contributed by atoms with Gasteiger partial charge in [-0.1, -0.05) is 11.6 Å². The lowest BCUT2D eigenvalue weighted by molar-refractivity contribution is 0.102. The largest absolute Gasteiger partial charge is 0.465 e. The van der Waals surface area contributed by atoms with Crippen LogP contribution in [0.5, 0.6) is 0 Å². The average Bonchev–Trinajstić information content (AvgIpc) is 3.06. The van der Waals surface area contributed by atoms with Crippen LogP contribution < -0.4 is 0 Å². The van der Waals surface area contributed by atoms with Crippen LogP contribution in [0.25, 0.3) is 11.0 Å². The van der Waals surface area contributed by atoms with Crippen molar-refractivity contribution in [2.24, 2.45) is 0 Å². The Bertz CT molecular complexity index is 700. The van der Waals surface area contributed by atoms with E-state index in [1.165, 1.54) is 4.90 Å². The van der Waals surface area contributed by atoms with Gasteiger partial charge in [-0.05, 0) is 24.6 Å². The number of carbonyl (C=O) groups is 1. The number of halogens is 1. The molecule has 0 saturated carbocycles. The van der Waals surface area contributed by atoms with Crippen molar-refractivity contribution in [2.75, 3.05) is 13.7 Å². The van der Waals surface area contributed by atoms with Crippen molar-refractivity contribution in [1.29, 1.82) is 0 Å². The average molecular weight is 310 g/mol. The number of H-pyrrole nitrogens is 1. The van der Waals surface area contributed by atoms with Gasteiger partial charge in [0.05, 0.1) is 29.7 Å². The quantitative estimate of drug-likeness (QED) is 0.894. The van der Waals surface area contributed by atoms with Crippen LogP contribution in [0.4, 0.5) is 4.79 Å². The summed E-state index contributed by atoms with van der Waals surface area (Å²) < 4.78 is 5.29. The third-order valence-corrected chi connectivity index (χ3v) is 4.43. The maximum atomic E-state index is 11.4. The van der Waals surface area contributed by atoms with E-state index in [2.05, 4.69) is 9.97 Å². The maximum Gasteiger partial charge on any atom is 0.408 e. The summed E-state index contributed by atoms with van der Waals surface area (Å²) in [5.74, 6) is 0.636. The van der Waals surface area contributed by atoms with E-state index in [0.29, 0.717) is 23.8 Å². The molecule has 1 aromatic heterocycles. The molecule has 1 amide bonds. The lowest BCUT2D eigenvalue weighted by atomic mass is 10.2. The minimum absolute atomic E-state index is 0.107. The van der Waals surface area contributed by atoms with E-state index in [0.717, 1.165) is 16.6 Å². The fourth-order valence-corrected chi connectivity index (χ4v) is 2.96. The number of ether oxygens (including phenoxy) is 1. The minimum atomic E-state index is -0.963. The van der Waals surface area contributed by atoms with E-state index in [9.17, 15) is 9.90 Å². The highest BCUT2D eigenvalue weighted by Gasteiger charge is 2.38. The highest BCUT2D eigenvalue weighted by atomic mass is 35.5. The molecule has 2 atom stereocenters. The molecular weight excluding hydrogens is 294 g/mol. The first-order valence-corrected chi connectivity index (χ1v) is 7.06. The molecule has 1 aromatic carbocycles. The van der Waals surface area contributed by atoms with E-state index in [1.54, 1.807) is 7.11 Å². The molecule has 7 heteroatoms. The Hall–Kier alpha value is -1.79. The molecule has 1 fully saturated rings. The van der Waals surface area contributed by atoms with E-state index < -0.39 is 6.09 Å². The van der Waals surface area contributed by atoms with Crippen LogP contribution in [0, 0.1) is 6.92 Å². The van der Waals surface area contributed by atoms with Crippen LogP contribution >= 0.6 is 11.6 Å². The van der Waals surface area contributed by atoms with Crippen LogP contribution in [0.1, 0.15) is 23.9 Å². The van der Waals surface area contributed by atoms with Gasteiger partial charge in [0.2, 0.25) is 0 Å². The van der Waals surface area contributed by atoms with Crippen molar-refractivity contribution in [2.45, 2.75) is 25.5 Å². The summed E-state index contributed by atoms with van der Waals surface area (Å²) in [6.45, 7) is 2.25. The molecule has 0 radical (unpaired) electrons. The van der Waals surface area contributed by atoms with Crippen LogP contribution in [0.15, 0.2) is 12.1 Å². The molecule has 2 heterocycles. The molecule has 1 aliphatic rings. The number of imidazole rings is 1. The molecule has 3 rings (SSSR count). The van der Waals surface area contributed by atoms with E-state index >= 15 is 0 Å². The SMILES string of the molecule is COC1CC(c2nc3c(C)c(Cl)ccc3[nH]2)N(C(=O)O)C1. The first kappa shape index (κ1) is 14.2. The molecule has 1 saturated heterocycles. The number of aromatic amines is 1. The molecule has 0 aliphatic carbocycles. The fourth-order valence-electron chi connectivity index (χ4n) is 2.80. The Morgan fingerprint density at radius 3 is 3.00 bits per heavy atom. The third-order valence-electron chi connectivity index (χ3n) is 4.02. The van der Waals surface area contributed by atoms with Gasteiger partial charge in [-0.25, -0.2) is 9.78 Å². The second kappa shape index (κ2) is 5.20. The smallest absolute Gasteiger partial charge is 0.408 e. The number of aryl methyl sites for hydroxylation is 1. The van der Waals surface area contributed by atoms with Crippen LogP contribution in [0.2, 0.25) is 5.02 Å². The van der Waals surface area contributed by atoms with Gasteiger partial charge in [-0.15, -0.1) is 0 Å². The first-order chi connectivity index (χ1) is 10.0. The van der Waals surface area contributed by atoms with Crippen LogP contribution in [-0.4, -0.2) is 45.8 Å². The van der Waals surface area contributed by atoms with Gasteiger partial charge in [0.1, 0.15) is 5.82 Å². The summed E-state index contributed by atoms with van der Waals surface area (Å²) in [6.07, 6.45) is -0.478. The Morgan fingerprint density at radius 1 is 1.57 bits per heavy atom. The standard InChI is InChI=1S/C14H16ClN3O3/c1-7-9(15)3-4-10-12(7)17-13(16-10)11-5-8(21-2)6-18(11)14(19)20/h3-4,8,11H,5-6H2,1-2H3,(H,16,17)(H,19,20). The summed E-state index contributed by atoms with van der Waals surface area (Å²) in [6, 6.07) is 3.34. The van der Waals surface area contributed by atoms with Gasteiger partial charge in [0.15, 0.2) is 0 Å². The van der Waals surface area contributed by atoms with Crippen molar-refractivity contribution in [3.05, 3.63) is 28.5 Å². The number of aromatic nitrogens is 2. The number of hydrogen-bond acceptors (Lipinski definition) is 3. The number of hydrogen-bond donors (Lipinski definition) is 2. The fraction of sp³-hybridized carbons (Fsp3) is 0.429. The summed E-state index contributed by atoms with van der Waals surface area (Å²) in [4.78, 5) is 20.5. The number of rotatable bonds is 2. The maximum absolute atomic E-state index is 11.4. The highest BCUT2D eigenvalue weighted by molar-refractivity contribution is 6.32. The van der Waals surface area contributed by atoms with Crippen LogP contribution in [0.3, 0.4) is 0 Å². The molecule has 0 bridgehead atoms. The molecule has 2 aromatic rings. The zero-order chi connectivity index (χ0) is 15.1. The van der Waals surface area contributed by atoms with Crippen LogP contribution in [-0.2, 0) is 4.74 Å². The topological polar surface area (TPSA) is 78.5 Å². The predicted octanol–water partition coefficient (Wildman–Crippen LogP) is 2.96. The number of carboxylic acid groups (broad SMARTS) is 1. The number of nitrogens with one attached hydrogen (secondary N) is 1. The first-order valence-electron chi connectivity index (χ1n) is 6.68. The third kappa shape index (κ3) is 2.34. The Labute approximate surface area is 126 Å². The van der Waals surface area contributed by atoms with Gasteiger partial charge in [-0.3, -0.25) is 4.90 Å². The number of fused-ring (bicyclic) bond motifs is 1. The summed E-state index contributed by atoms with van der Waals surface area (Å²) >= 11 is 6.10.